The summed E-state index contributed by atoms with van der Waals surface area (Å²) in [6, 6.07) is 21.1. The van der Waals surface area contributed by atoms with Crippen LogP contribution in [0.3, 0.4) is 0 Å². The molecule has 3 nitrogen and oxygen atoms in total. The second-order valence-corrected chi connectivity index (χ2v) is 10.3. The topological polar surface area (TPSA) is 35.0 Å². The van der Waals surface area contributed by atoms with Crippen LogP contribution >= 0.6 is 23.1 Å². The maximum Gasteiger partial charge on any atom is 0.135 e. The van der Waals surface area contributed by atoms with Crippen LogP contribution in [0, 0.1) is 0 Å². The highest BCUT2D eigenvalue weighted by Gasteiger charge is 2.31. The summed E-state index contributed by atoms with van der Waals surface area (Å²) in [4.78, 5) is 12.4. The van der Waals surface area contributed by atoms with Crippen molar-refractivity contribution >= 4 is 33.3 Å². The first kappa shape index (κ1) is 19.7. The average Bonchev–Trinajstić information content (AvgIpc) is 3.10. The van der Waals surface area contributed by atoms with Gasteiger partial charge in [-0.25, -0.2) is 9.97 Å². The molecule has 1 aliphatic rings. The lowest BCUT2D eigenvalue weighted by molar-refractivity contribution is -0.0379. The van der Waals surface area contributed by atoms with Crippen molar-refractivity contribution in [3.8, 4) is 0 Å². The molecule has 0 spiro atoms. The summed E-state index contributed by atoms with van der Waals surface area (Å²) < 4.78 is 6.07. The van der Waals surface area contributed by atoms with Crippen LogP contribution in [0.15, 0.2) is 65.7 Å². The average molecular weight is 433 g/mol. The van der Waals surface area contributed by atoms with Crippen molar-refractivity contribution in [1.29, 1.82) is 0 Å². The van der Waals surface area contributed by atoms with E-state index in [1.54, 1.807) is 11.3 Å². The van der Waals surface area contributed by atoms with Gasteiger partial charge in [0.2, 0.25) is 0 Å². The number of benzene rings is 2. The van der Waals surface area contributed by atoms with Gasteiger partial charge in [0, 0.05) is 28.9 Å². The van der Waals surface area contributed by atoms with Crippen LogP contribution in [0.5, 0.6) is 0 Å². The lowest BCUT2D eigenvalue weighted by Gasteiger charge is -2.30. The normalized spacial score (nSPS) is 15.3. The van der Waals surface area contributed by atoms with Gasteiger partial charge >= 0.3 is 0 Å². The van der Waals surface area contributed by atoms with E-state index >= 15 is 0 Å². The number of rotatable bonds is 5. The second-order valence-electron chi connectivity index (χ2n) is 8.29. The maximum absolute atomic E-state index is 6.07. The Balaban J connectivity index is 1.57. The number of thioether (sulfide) groups is 1. The fraction of sp³-hybridized carbons (Fsp3) is 0.280. The first-order valence-corrected chi connectivity index (χ1v) is 12.0. The summed E-state index contributed by atoms with van der Waals surface area (Å²) in [6.45, 7) is 5.00. The maximum atomic E-state index is 6.07. The molecule has 3 heterocycles. The van der Waals surface area contributed by atoms with Crippen molar-refractivity contribution in [2.24, 2.45) is 0 Å². The van der Waals surface area contributed by atoms with Gasteiger partial charge < -0.3 is 4.74 Å². The minimum absolute atomic E-state index is 0.148. The Morgan fingerprint density at radius 1 is 0.967 bits per heavy atom. The zero-order valence-electron chi connectivity index (χ0n) is 17.2. The Morgan fingerprint density at radius 2 is 1.67 bits per heavy atom. The minimum Gasteiger partial charge on any atom is -0.370 e. The highest BCUT2D eigenvalue weighted by molar-refractivity contribution is 7.98. The van der Waals surface area contributed by atoms with Crippen LogP contribution in [0.2, 0.25) is 0 Å². The standard InChI is InChI=1S/C25H24N2OS2/c1-25(2)14-19-20(15-28-25)30-24-22(19)23(29-16-18-11-7-4-8-12-18)26-21(27-24)13-17-9-5-3-6-10-17/h3-12H,13-16H2,1-2H3. The fourth-order valence-corrected chi connectivity index (χ4v) is 6.06. The Morgan fingerprint density at radius 3 is 2.40 bits per heavy atom. The quantitative estimate of drug-likeness (QED) is 0.269. The van der Waals surface area contributed by atoms with Crippen molar-refractivity contribution in [2.45, 2.75) is 49.7 Å². The molecule has 152 valence electrons. The Hall–Kier alpha value is -2.21. The highest BCUT2D eigenvalue weighted by Crippen LogP contribution is 2.42. The minimum atomic E-state index is -0.148. The van der Waals surface area contributed by atoms with E-state index < -0.39 is 0 Å². The van der Waals surface area contributed by atoms with E-state index in [4.69, 9.17) is 14.7 Å². The molecule has 0 atom stereocenters. The van der Waals surface area contributed by atoms with Gasteiger partial charge in [-0.15, -0.1) is 23.1 Å². The van der Waals surface area contributed by atoms with Gasteiger partial charge in [0.25, 0.3) is 0 Å². The molecule has 2 aromatic carbocycles. The molecule has 30 heavy (non-hydrogen) atoms. The summed E-state index contributed by atoms with van der Waals surface area (Å²) in [5.74, 6) is 1.80. The van der Waals surface area contributed by atoms with Crippen molar-refractivity contribution in [1.82, 2.24) is 9.97 Å². The molecule has 0 N–H and O–H groups in total. The van der Waals surface area contributed by atoms with Gasteiger partial charge in [0.15, 0.2) is 0 Å². The van der Waals surface area contributed by atoms with Gasteiger partial charge in [-0.1, -0.05) is 60.7 Å². The third kappa shape index (κ3) is 4.15. The van der Waals surface area contributed by atoms with E-state index in [-0.39, 0.29) is 5.60 Å². The highest BCUT2D eigenvalue weighted by atomic mass is 32.2. The fourth-order valence-electron chi connectivity index (χ4n) is 3.84. The number of fused-ring (bicyclic) bond motifs is 3. The molecule has 0 saturated carbocycles. The van der Waals surface area contributed by atoms with Crippen molar-refractivity contribution in [3.63, 3.8) is 0 Å². The molecular weight excluding hydrogens is 408 g/mol. The monoisotopic (exact) mass is 432 g/mol. The second kappa shape index (κ2) is 8.14. The first-order chi connectivity index (χ1) is 14.6. The van der Waals surface area contributed by atoms with Crippen LogP contribution < -0.4 is 0 Å². The third-order valence-corrected chi connectivity index (χ3v) is 7.51. The van der Waals surface area contributed by atoms with E-state index in [0.29, 0.717) is 6.61 Å². The number of aromatic nitrogens is 2. The lowest BCUT2D eigenvalue weighted by Crippen LogP contribution is -2.31. The summed E-state index contributed by atoms with van der Waals surface area (Å²) in [5.41, 5.74) is 3.78. The van der Waals surface area contributed by atoms with Crippen LogP contribution in [-0.2, 0) is 29.9 Å². The van der Waals surface area contributed by atoms with Crippen molar-refractivity contribution < 1.29 is 4.74 Å². The van der Waals surface area contributed by atoms with Crippen molar-refractivity contribution in [3.05, 3.63) is 88.1 Å². The van der Waals surface area contributed by atoms with Crippen LogP contribution in [-0.4, -0.2) is 15.6 Å². The molecule has 0 aliphatic carbocycles. The molecule has 0 unspecified atom stereocenters. The zero-order valence-corrected chi connectivity index (χ0v) is 18.9. The first-order valence-electron chi connectivity index (χ1n) is 10.2. The van der Waals surface area contributed by atoms with Crippen LogP contribution in [0.4, 0.5) is 0 Å². The molecule has 2 aromatic heterocycles. The number of nitrogens with zero attached hydrogens (tertiary/aromatic N) is 2. The number of thiophene rings is 1. The third-order valence-electron chi connectivity index (χ3n) is 5.37. The van der Waals surface area contributed by atoms with Crippen LogP contribution in [0.25, 0.3) is 10.2 Å². The van der Waals surface area contributed by atoms with E-state index in [1.807, 2.05) is 17.8 Å². The molecule has 0 radical (unpaired) electrons. The molecule has 1 aliphatic heterocycles. The summed E-state index contributed by atoms with van der Waals surface area (Å²) in [5, 5.41) is 2.34. The molecule has 0 fully saturated rings. The lowest BCUT2D eigenvalue weighted by atomic mass is 9.94. The number of hydrogen-bond acceptors (Lipinski definition) is 5. The predicted molar refractivity (Wildman–Crippen MR) is 125 cm³/mol. The molecule has 0 bridgehead atoms. The smallest absolute Gasteiger partial charge is 0.135 e. The van der Waals surface area contributed by atoms with E-state index in [9.17, 15) is 0 Å². The van der Waals surface area contributed by atoms with Crippen LogP contribution in [0.1, 0.15) is 41.2 Å². The van der Waals surface area contributed by atoms with Gasteiger partial charge in [0.1, 0.15) is 15.7 Å². The predicted octanol–water partition coefficient (Wildman–Crippen LogP) is 6.43. The van der Waals surface area contributed by atoms with E-state index in [0.717, 1.165) is 34.3 Å². The zero-order chi connectivity index (χ0) is 20.6. The van der Waals surface area contributed by atoms with Gasteiger partial charge in [-0.2, -0.15) is 0 Å². The summed E-state index contributed by atoms with van der Waals surface area (Å²) >= 11 is 3.59. The SMILES string of the molecule is CC1(C)Cc2c(sc3nc(Cc4ccccc4)nc(SCc4ccccc4)c23)CO1. The molecule has 0 amide bonds. The largest absolute Gasteiger partial charge is 0.370 e. The Bertz CT molecular complexity index is 1170. The number of ether oxygens (including phenoxy) is 1. The Labute approximate surface area is 185 Å². The van der Waals surface area contributed by atoms with E-state index in [2.05, 4.69) is 68.4 Å². The summed E-state index contributed by atoms with van der Waals surface area (Å²) in [6.07, 6.45) is 1.66. The summed E-state index contributed by atoms with van der Waals surface area (Å²) in [7, 11) is 0. The Kier molecular flexibility index (Phi) is 5.35. The van der Waals surface area contributed by atoms with Gasteiger partial charge in [-0.3, -0.25) is 0 Å². The van der Waals surface area contributed by atoms with Gasteiger partial charge in [-0.05, 0) is 30.5 Å². The number of hydrogen-bond donors (Lipinski definition) is 0. The molecule has 4 aromatic rings. The molecule has 5 heteroatoms. The van der Waals surface area contributed by atoms with E-state index in [1.165, 1.54) is 27.0 Å². The van der Waals surface area contributed by atoms with Crippen molar-refractivity contribution in [2.75, 3.05) is 0 Å². The molecule has 0 saturated heterocycles. The molecular formula is C25H24N2OS2. The van der Waals surface area contributed by atoms with Gasteiger partial charge in [0.05, 0.1) is 12.2 Å². The molecule has 5 rings (SSSR count).